The maximum absolute atomic E-state index is 5.54. The van der Waals surface area contributed by atoms with Gasteiger partial charge in [-0.25, -0.2) is 0 Å². The summed E-state index contributed by atoms with van der Waals surface area (Å²) in [5.74, 6) is 0. The van der Waals surface area contributed by atoms with Crippen LogP contribution in [0.5, 0.6) is 0 Å². The van der Waals surface area contributed by atoms with Crippen molar-refractivity contribution in [2.45, 2.75) is 6.92 Å². The van der Waals surface area contributed by atoms with Crippen LogP contribution < -0.4 is 16.4 Å². The third kappa shape index (κ3) is 3.29. The predicted molar refractivity (Wildman–Crippen MR) is 60.8 cm³/mol. The molecule has 0 heterocycles. The molecule has 0 aliphatic heterocycles. The Morgan fingerprint density at radius 3 is 2.54 bits per heavy atom. The fourth-order valence-corrected chi connectivity index (χ4v) is 1.16. The van der Waals surface area contributed by atoms with Gasteiger partial charge >= 0.3 is 0 Å². The number of rotatable bonds is 2. The maximum atomic E-state index is 5.54. The summed E-state index contributed by atoms with van der Waals surface area (Å²) in [7, 11) is 0. The third-order valence-corrected chi connectivity index (χ3v) is 1.75. The van der Waals surface area contributed by atoms with Crippen molar-refractivity contribution in [1.82, 2.24) is 5.32 Å². The van der Waals surface area contributed by atoms with Crippen LogP contribution in [0.15, 0.2) is 24.3 Å². The maximum Gasteiger partial charge on any atom is 0.170 e. The average Bonchev–Trinajstić information content (AvgIpc) is 2.09. The molecule has 0 aliphatic rings. The Morgan fingerprint density at radius 2 is 2.00 bits per heavy atom. The molecule has 0 amide bonds. The van der Waals surface area contributed by atoms with Gasteiger partial charge in [0, 0.05) is 17.9 Å². The number of nitrogens with two attached hydrogens (primary N) is 1. The molecule has 3 nitrogen and oxygen atoms in total. The van der Waals surface area contributed by atoms with Gasteiger partial charge in [-0.05, 0) is 43.4 Å². The van der Waals surface area contributed by atoms with Gasteiger partial charge in [-0.2, -0.15) is 0 Å². The Bertz CT molecular complexity index is 281. The van der Waals surface area contributed by atoms with Gasteiger partial charge in [0.25, 0.3) is 0 Å². The summed E-state index contributed by atoms with van der Waals surface area (Å²) in [6.45, 7) is 2.82. The van der Waals surface area contributed by atoms with E-state index in [1.165, 1.54) is 0 Å². The molecule has 0 bridgehead atoms. The van der Waals surface area contributed by atoms with Gasteiger partial charge in [0.05, 0.1) is 0 Å². The molecule has 0 fully saturated rings. The van der Waals surface area contributed by atoms with Crippen LogP contribution in [0.1, 0.15) is 6.92 Å². The molecule has 0 radical (unpaired) electrons. The Hall–Kier alpha value is -1.29. The molecule has 0 atom stereocenters. The molecule has 1 rings (SSSR count). The van der Waals surface area contributed by atoms with Crippen molar-refractivity contribution in [3.63, 3.8) is 0 Å². The molecule has 0 saturated carbocycles. The smallest absolute Gasteiger partial charge is 0.170 e. The molecule has 70 valence electrons. The number of nitrogen functional groups attached to an aromatic ring is 1. The Labute approximate surface area is 83.3 Å². The third-order valence-electron chi connectivity index (χ3n) is 1.51. The second-order valence-corrected chi connectivity index (χ2v) is 3.01. The number of nitrogens with one attached hydrogen (secondary N) is 2. The van der Waals surface area contributed by atoms with E-state index in [9.17, 15) is 0 Å². The van der Waals surface area contributed by atoms with Crippen LogP contribution in [0.4, 0.5) is 11.4 Å². The SMILES string of the molecule is CCNC(=S)Nc1ccc(N)cc1. The minimum absolute atomic E-state index is 0.632. The fraction of sp³-hybridized carbons (Fsp3) is 0.222. The van der Waals surface area contributed by atoms with Crippen molar-refractivity contribution in [3.8, 4) is 0 Å². The van der Waals surface area contributed by atoms with E-state index < -0.39 is 0 Å². The second kappa shape index (κ2) is 4.67. The van der Waals surface area contributed by atoms with Crippen LogP contribution in [0.2, 0.25) is 0 Å². The van der Waals surface area contributed by atoms with Crippen LogP contribution in [0.3, 0.4) is 0 Å². The van der Waals surface area contributed by atoms with Gasteiger partial charge in [0.1, 0.15) is 0 Å². The first kappa shape index (κ1) is 9.80. The number of hydrogen-bond donors (Lipinski definition) is 3. The lowest BCUT2D eigenvalue weighted by molar-refractivity contribution is 0.979. The fourth-order valence-electron chi connectivity index (χ4n) is 0.902. The minimum Gasteiger partial charge on any atom is -0.399 e. The van der Waals surface area contributed by atoms with Gasteiger partial charge < -0.3 is 16.4 Å². The van der Waals surface area contributed by atoms with Crippen molar-refractivity contribution < 1.29 is 0 Å². The van der Waals surface area contributed by atoms with Gasteiger partial charge in [-0.15, -0.1) is 0 Å². The van der Waals surface area contributed by atoms with E-state index in [2.05, 4.69) is 10.6 Å². The van der Waals surface area contributed by atoms with E-state index in [1.807, 2.05) is 31.2 Å². The Morgan fingerprint density at radius 1 is 1.38 bits per heavy atom. The summed E-state index contributed by atoms with van der Waals surface area (Å²) in [5, 5.41) is 6.66. The molecule has 0 saturated heterocycles. The van der Waals surface area contributed by atoms with Crippen LogP contribution in [0.25, 0.3) is 0 Å². The summed E-state index contributed by atoms with van der Waals surface area (Å²) >= 11 is 5.01. The summed E-state index contributed by atoms with van der Waals surface area (Å²) in [6, 6.07) is 7.44. The topological polar surface area (TPSA) is 50.1 Å². The molecular weight excluding hydrogens is 182 g/mol. The molecule has 0 spiro atoms. The van der Waals surface area contributed by atoms with Crippen LogP contribution in [0, 0.1) is 0 Å². The van der Waals surface area contributed by atoms with Crippen LogP contribution in [-0.2, 0) is 0 Å². The lowest BCUT2D eigenvalue weighted by Gasteiger charge is -2.08. The summed E-state index contributed by atoms with van der Waals surface area (Å²) in [5.41, 5.74) is 7.23. The molecule has 4 heteroatoms. The van der Waals surface area contributed by atoms with E-state index in [1.54, 1.807) is 0 Å². The van der Waals surface area contributed by atoms with E-state index in [4.69, 9.17) is 18.0 Å². The quantitative estimate of drug-likeness (QED) is 0.495. The molecule has 4 N–H and O–H groups in total. The van der Waals surface area contributed by atoms with Gasteiger partial charge in [0.15, 0.2) is 5.11 Å². The highest BCUT2D eigenvalue weighted by Crippen LogP contribution is 2.09. The van der Waals surface area contributed by atoms with Gasteiger partial charge in [-0.1, -0.05) is 0 Å². The first-order chi connectivity index (χ1) is 6.22. The van der Waals surface area contributed by atoms with Crippen LogP contribution >= 0.6 is 12.2 Å². The van der Waals surface area contributed by atoms with E-state index in [0.29, 0.717) is 5.11 Å². The monoisotopic (exact) mass is 195 g/mol. The first-order valence-corrected chi connectivity index (χ1v) is 4.53. The van der Waals surface area contributed by atoms with Gasteiger partial charge in [-0.3, -0.25) is 0 Å². The zero-order valence-electron chi connectivity index (χ0n) is 7.50. The summed E-state index contributed by atoms with van der Waals surface area (Å²) in [4.78, 5) is 0. The molecule has 13 heavy (non-hydrogen) atoms. The zero-order chi connectivity index (χ0) is 9.68. The van der Waals surface area contributed by atoms with Crippen molar-refractivity contribution in [2.24, 2.45) is 0 Å². The highest BCUT2D eigenvalue weighted by atomic mass is 32.1. The second-order valence-electron chi connectivity index (χ2n) is 2.61. The van der Waals surface area contributed by atoms with Crippen molar-refractivity contribution in [3.05, 3.63) is 24.3 Å². The normalized spacial score (nSPS) is 9.31. The average molecular weight is 195 g/mol. The molecular formula is C9H13N3S. The number of thiocarbonyl (C=S) groups is 1. The van der Waals surface area contributed by atoms with Crippen LogP contribution in [-0.4, -0.2) is 11.7 Å². The number of benzene rings is 1. The molecule has 1 aromatic rings. The van der Waals surface area contributed by atoms with E-state index in [-0.39, 0.29) is 0 Å². The highest BCUT2D eigenvalue weighted by Gasteiger charge is 1.94. The lowest BCUT2D eigenvalue weighted by atomic mass is 10.3. The Kier molecular flexibility index (Phi) is 3.52. The summed E-state index contributed by atoms with van der Waals surface area (Å²) < 4.78 is 0. The largest absolute Gasteiger partial charge is 0.399 e. The predicted octanol–water partition coefficient (Wildman–Crippen LogP) is 1.58. The molecule has 0 unspecified atom stereocenters. The highest BCUT2D eigenvalue weighted by molar-refractivity contribution is 7.80. The van der Waals surface area contributed by atoms with Gasteiger partial charge in [0.2, 0.25) is 0 Å². The summed E-state index contributed by atoms with van der Waals surface area (Å²) in [6.07, 6.45) is 0. The molecule has 0 aromatic heterocycles. The van der Waals surface area contributed by atoms with Crippen molar-refractivity contribution in [1.29, 1.82) is 0 Å². The zero-order valence-corrected chi connectivity index (χ0v) is 8.32. The lowest BCUT2D eigenvalue weighted by Crippen LogP contribution is -2.27. The molecule has 0 aliphatic carbocycles. The number of hydrogen-bond acceptors (Lipinski definition) is 2. The van der Waals surface area contributed by atoms with Crippen molar-refractivity contribution in [2.75, 3.05) is 17.6 Å². The van der Waals surface area contributed by atoms with Crippen molar-refractivity contribution >= 4 is 28.7 Å². The Balaban J connectivity index is 2.54. The van der Waals surface area contributed by atoms with E-state index in [0.717, 1.165) is 17.9 Å². The number of anilines is 2. The minimum atomic E-state index is 0.632. The first-order valence-electron chi connectivity index (χ1n) is 4.12. The van der Waals surface area contributed by atoms with E-state index >= 15 is 0 Å². The molecule has 1 aromatic carbocycles. The standard InChI is InChI=1S/C9H13N3S/c1-2-11-9(13)12-8-5-3-7(10)4-6-8/h3-6H,2,10H2,1H3,(H2,11,12,13).